The van der Waals surface area contributed by atoms with Crippen molar-refractivity contribution in [2.24, 2.45) is 0 Å². The summed E-state index contributed by atoms with van der Waals surface area (Å²) in [5.74, 6) is 0.469. The Balaban J connectivity index is 1.45. The van der Waals surface area contributed by atoms with Crippen molar-refractivity contribution in [2.75, 3.05) is 26.2 Å². The van der Waals surface area contributed by atoms with Crippen LogP contribution < -0.4 is 0 Å². The van der Waals surface area contributed by atoms with Crippen LogP contribution in [0.25, 0.3) is 11.5 Å². The van der Waals surface area contributed by atoms with E-state index in [1.54, 1.807) is 16.8 Å². The predicted octanol–water partition coefficient (Wildman–Crippen LogP) is 3.33. The van der Waals surface area contributed by atoms with Crippen LogP contribution in [-0.2, 0) is 16.7 Å². The minimum Gasteiger partial charge on any atom is -0.409 e. The molecule has 4 rings (SSSR count). The summed E-state index contributed by atoms with van der Waals surface area (Å²) in [6.07, 6.45) is 0. The Morgan fingerprint density at radius 3 is 2.41 bits per heavy atom. The molecule has 0 atom stereocenters. The molecule has 0 radical (unpaired) electrons. The monoisotopic (exact) mass is 469 g/mol. The van der Waals surface area contributed by atoms with Crippen molar-refractivity contribution in [1.29, 1.82) is 5.26 Å². The Bertz CT molecular complexity index is 1330. The van der Waals surface area contributed by atoms with Gasteiger partial charge in [0.15, 0.2) is 0 Å². The van der Waals surface area contributed by atoms with Crippen LogP contribution in [0.15, 0.2) is 51.8 Å². The molecule has 3 aromatic rings. The summed E-state index contributed by atoms with van der Waals surface area (Å²) >= 11 is 5.35. The summed E-state index contributed by atoms with van der Waals surface area (Å²) in [4.78, 5) is 2.40. The van der Waals surface area contributed by atoms with E-state index in [0.717, 1.165) is 16.7 Å². The van der Waals surface area contributed by atoms with Crippen molar-refractivity contribution in [3.63, 3.8) is 0 Å². The van der Waals surface area contributed by atoms with Gasteiger partial charge in [0.05, 0.1) is 17.1 Å². The Kier molecular flexibility index (Phi) is 6.26. The number of hydrogen-bond acceptors (Lipinski definition) is 7. The van der Waals surface area contributed by atoms with Gasteiger partial charge in [0.1, 0.15) is 6.07 Å². The molecule has 1 aromatic heterocycles. The van der Waals surface area contributed by atoms with Crippen molar-refractivity contribution in [1.82, 2.24) is 19.0 Å². The summed E-state index contributed by atoms with van der Waals surface area (Å²) < 4.78 is 34.8. The zero-order valence-corrected chi connectivity index (χ0v) is 19.5. The molecule has 1 aliphatic rings. The van der Waals surface area contributed by atoms with Gasteiger partial charge in [0.25, 0.3) is 4.84 Å². The van der Waals surface area contributed by atoms with Gasteiger partial charge in [-0.05, 0) is 50.3 Å². The second kappa shape index (κ2) is 8.96. The van der Waals surface area contributed by atoms with Crippen LogP contribution in [0.4, 0.5) is 0 Å². The molecule has 32 heavy (non-hydrogen) atoms. The number of nitriles is 1. The molecule has 1 saturated heterocycles. The minimum atomic E-state index is -3.73. The maximum absolute atomic E-state index is 13.0. The van der Waals surface area contributed by atoms with Gasteiger partial charge in [-0.3, -0.25) is 4.90 Å². The minimum absolute atomic E-state index is 0.0489. The molecule has 1 fully saturated rings. The van der Waals surface area contributed by atoms with E-state index in [1.807, 2.05) is 32.0 Å². The average molecular weight is 470 g/mol. The van der Waals surface area contributed by atoms with E-state index in [0.29, 0.717) is 38.7 Å². The van der Waals surface area contributed by atoms with Crippen LogP contribution >= 0.6 is 12.2 Å². The normalized spacial score (nSPS) is 15.5. The van der Waals surface area contributed by atoms with Gasteiger partial charge >= 0.3 is 0 Å². The van der Waals surface area contributed by atoms with E-state index < -0.39 is 10.0 Å². The van der Waals surface area contributed by atoms with Crippen LogP contribution in [-0.4, -0.2) is 53.6 Å². The lowest BCUT2D eigenvalue weighted by Crippen LogP contribution is -2.49. The maximum Gasteiger partial charge on any atom is 0.288 e. The molecule has 0 unspecified atom stereocenters. The number of rotatable bonds is 5. The lowest BCUT2D eigenvalue weighted by atomic mass is 10.1. The summed E-state index contributed by atoms with van der Waals surface area (Å²) in [5, 5.41) is 13.8. The van der Waals surface area contributed by atoms with E-state index in [4.69, 9.17) is 16.6 Å². The van der Waals surface area contributed by atoms with Crippen LogP contribution in [0.3, 0.4) is 0 Å². The second-order valence-corrected chi connectivity index (χ2v) is 10.1. The molecule has 0 N–H and O–H groups in total. The molecule has 10 heteroatoms. The standard InChI is InChI=1S/C22H23N5O3S2/c1-16-11-17(2)13-19(12-16)21-24-27(22(31)30-21)15-25-7-9-26(10-8-25)32(28,29)20-6-4-3-5-18(20)14-23/h3-6,11-13H,7-10,15H2,1-2H3. The Morgan fingerprint density at radius 2 is 1.75 bits per heavy atom. The fourth-order valence-electron chi connectivity index (χ4n) is 3.83. The van der Waals surface area contributed by atoms with Gasteiger partial charge in [-0.2, -0.15) is 9.57 Å². The fourth-order valence-corrected chi connectivity index (χ4v) is 5.58. The first-order chi connectivity index (χ1) is 15.3. The molecule has 0 saturated carbocycles. The maximum atomic E-state index is 13.0. The number of benzene rings is 2. The molecule has 0 spiro atoms. The van der Waals surface area contributed by atoms with Crippen molar-refractivity contribution in [3.8, 4) is 17.5 Å². The number of piperazine rings is 1. The first-order valence-corrected chi connectivity index (χ1v) is 12.0. The number of hydrogen-bond donors (Lipinski definition) is 0. The summed E-state index contributed by atoms with van der Waals surface area (Å²) in [7, 11) is -3.73. The summed E-state index contributed by atoms with van der Waals surface area (Å²) in [6, 6.07) is 14.3. The molecule has 2 aromatic carbocycles. The Labute approximate surface area is 192 Å². The smallest absolute Gasteiger partial charge is 0.288 e. The first-order valence-electron chi connectivity index (χ1n) is 10.2. The number of aromatic nitrogens is 2. The molecule has 2 heterocycles. The first kappa shape index (κ1) is 22.4. The molecule has 0 bridgehead atoms. The van der Waals surface area contributed by atoms with E-state index in [-0.39, 0.29) is 15.3 Å². The zero-order chi connectivity index (χ0) is 22.9. The van der Waals surface area contributed by atoms with Crippen LogP contribution in [0.2, 0.25) is 0 Å². The topological polar surface area (TPSA) is 95.4 Å². The fraction of sp³-hybridized carbons (Fsp3) is 0.318. The van der Waals surface area contributed by atoms with E-state index in [1.165, 1.54) is 16.4 Å². The number of nitrogens with zero attached hydrogens (tertiary/aromatic N) is 5. The quantitative estimate of drug-likeness (QED) is 0.529. The number of aryl methyl sites for hydroxylation is 2. The SMILES string of the molecule is Cc1cc(C)cc(-c2nn(CN3CCN(S(=O)(=O)c4ccccc4C#N)CC3)c(=S)o2)c1. The zero-order valence-electron chi connectivity index (χ0n) is 17.9. The lowest BCUT2D eigenvalue weighted by Gasteiger charge is -2.33. The number of sulfonamides is 1. The van der Waals surface area contributed by atoms with Crippen molar-refractivity contribution >= 4 is 22.2 Å². The Hall–Kier alpha value is -2.84. The third-order valence-electron chi connectivity index (χ3n) is 5.37. The van der Waals surface area contributed by atoms with Gasteiger partial charge < -0.3 is 4.42 Å². The average Bonchev–Trinajstić information content (AvgIpc) is 3.13. The Morgan fingerprint density at radius 1 is 1.09 bits per heavy atom. The molecule has 166 valence electrons. The van der Waals surface area contributed by atoms with Crippen LogP contribution in [0, 0.1) is 30.0 Å². The molecular weight excluding hydrogens is 446 g/mol. The molecular formula is C22H23N5O3S2. The predicted molar refractivity (Wildman–Crippen MR) is 122 cm³/mol. The summed E-state index contributed by atoms with van der Waals surface area (Å²) in [5.41, 5.74) is 3.26. The van der Waals surface area contributed by atoms with Gasteiger partial charge in [-0.1, -0.05) is 29.3 Å². The van der Waals surface area contributed by atoms with Crippen molar-refractivity contribution in [3.05, 3.63) is 64.0 Å². The third kappa shape index (κ3) is 4.52. The van der Waals surface area contributed by atoms with Gasteiger partial charge in [0.2, 0.25) is 15.9 Å². The molecule has 1 aliphatic heterocycles. The van der Waals surface area contributed by atoms with Crippen LogP contribution in [0.5, 0.6) is 0 Å². The molecule has 8 nitrogen and oxygen atoms in total. The van der Waals surface area contributed by atoms with Crippen molar-refractivity contribution < 1.29 is 12.8 Å². The highest BCUT2D eigenvalue weighted by atomic mass is 32.2. The highest BCUT2D eigenvalue weighted by Crippen LogP contribution is 2.23. The largest absolute Gasteiger partial charge is 0.409 e. The lowest BCUT2D eigenvalue weighted by molar-refractivity contribution is 0.143. The summed E-state index contributed by atoms with van der Waals surface area (Å²) in [6.45, 7) is 6.11. The molecule has 0 amide bonds. The van der Waals surface area contributed by atoms with Crippen molar-refractivity contribution in [2.45, 2.75) is 25.4 Å². The molecule has 0 aliphatic carbocycles. The van der Waals surface area contributed by atoms with Gasteiger partial charge in [0, 0.05) is 31.7 Å². The van der Waals surface area contributed by atoms with E-state index in [2.05, 4.69) is 16.1 Å². The van der Waals surface area contributed by atoms with E-state index in [9.17, 15) is 13.7 Å². The van der Waals surface area contributed by atoms with E-state index >= 15 is 0 Å². The highest BCUT2D eigenvalue weighted by Gasteiger charge is 2.30. The second-order valence-electron chi connectivity index (χ2n) is 7.82. The highest BCUT2D eigenvalue weighted by molar-refractivity contribution is 7.89. The van der Waals surface area contributed by atoms with Crippen LogP contribution in [0.1, 0.15) is 16.7 Å². The van der Waals surface area contributed by atoms with Gasteiger partial charge in [-0.25, -0.2) is 13.1 Å². The third-order valence-corrected chi connectivity index (χ3v) is 7.62. The van der Waals surface area contributed by atoms with Gasteiger partial charge in [-0.15, -0.1) is 5.10 Å².